The second-order valence-electron chi connectivity index (χ2n) is 8.26. The highest BCUT2D eigenvalue weighted by Crippen LogP contribution is 2.52. The highest BCUT2D eigenvalue weighted by molar-refractivity contribution is 14.0. The van der Waals surface area contributed by atoms with Gasteiger partial charge in [0.2, 0.25) is 11.8 Å². The number of fused-ring (bicyclic) bond motifs is 5. The van der Waals surface area contributed by atoms with Crippen LogP contribution in [0.25, 0.3) is 0 Å². The van der Waals surface area contributed by atoms with Crippen molar-refractivity contribution in [2.24, 2.45) is 28.7 Å². The molecular formula is C21H31IN6O2. The fraction of sp³-hybridized carbons (Fsp3) is 0.619. The van der Waals surface area contributed by atoms with Crippen LogP contribution in [0.1, 0.15) is 24.2 Å². The SMILES string of the molecule is CN=C(NCCCn1nc(C)cc1C)NCCN1C(=O)C2C3C=CC(C3)C2C1=O.I. The Balaban J connectivity index is 0.00000256. The van der Waals surface area contributed by atoms with Crippen LogP contribution in [0.5, 0.6) is 0 Å². The molecule has 3 aliphatic rings. The summed E-state index contributed by atoms with van der Waals surface area (Å²) >= 11 is 0. The molecule has 1 aliphatic heterocycles. The van der Waals surface area contributed by atoms with E-state index >= 15 is 0 Å². The maximum absolute atomic E-state index is 12.7. The fourth-order valence-electron chi connectivity index (χ4n) is 5.03. The molecule has 30 heavy (non-hydrogen) atoms. The van der Waals surface area contributed by atoms with Crippen molar-refractivity contribution in [2.75, 3.05) is 26.7 Å². The fourth-order valence-corrected chi connectivity index (χ4v) is 5.03. The lowest BCUT2D eigenvalue weighted by Crippen LogP contribution is -2.44. The maximum atomic E-state index is 12.7. The van der Waals surface area contributed by atoms with Crippen molar-refractivity contribution in [3.05, 3.63) is 29.6 Å². The van der Waals surface area contributed by atoms with Crippen molar-refractivity contribution in [2.45, 2.75) is 33.2 Å². The molecule has 4 unspecified atom stereocenters. The van der Waals surface area contributed by atoms with Gasteiger partial charge < -0.3 is 10.6 Å². The number of aryl methyl sites for hydroxylation is 3. The number of rotatable bonds is 7. The first-order chi connectivity index (χ1) is 14.0. The first kappa shape index (κ1) is 22.8. The van der Waals surface area contributed by atoms with Gasteiger partial charge in [0, 0.05) is 38.9 Å². The molecule has 1 aromatic heterocycles. The third-order valence-corrected chi connectivity index (χ3v) is 6.36. The molecule has 4 rings (SSSR count). The third-order valence-electron chi connectivity index (χ3n) is 6.36. The topological polar surface area (TPSA) is 91.6 Å². The van der Waals surface area contributed by atoms with Crippen LogP contribution in [0.2, 0.25) is 0 Å². The van der Waals surface area contributed by atoms with Crippen LogP contribution in [0.4, 0.5) is 0 Å². The molecule has 164 valence electrons. The lowest BCUT2D eigenvalue weighted by Gasteiger charge is -2.18. The summed E-state index contributed by atoms with van der Waals surface area (Å²) in [5, 5.41) is 11.0. The second kappa shape index (κ2) is 9.49. The minimum Gasteiger partial charge on any atom is -0.356 e. The van der Waals surface area contributed by atoms with Gasteiger partial charge in [-0.3, -0.25) is 24.2 Å². The summed E-state index contributed by atoms with van der Waals surface area (Å²) < 4.78 is 2.01. The minimum atomic E-state index is -0.121. The Kier molecular flexibility index (Phi) is 7.20. The van der Waals surface area contributed by atoms with E-state index in [9.17, 15) is 9.59 Å². The van der Waals surface area contributed by atoms with Crippen molar-refractivity contribution >= 4 is 41.8 Å². The smallest absolute Gasteiger partial charge is 0.233 e. The molecule has 2 heterocycles. The minimum absolute atomic E-state index is 0. The molecule has 4 atom stereocenters. The van der Waals surface area contributed by atoms with Gasteiger partial charge in [0.05, 0.1) is 17.5 Å². The van der Waals surface area contributed by atoms with Crippen molar-refractivity contribution in [3.63, 3.8) is 0 Å². The Morgan fingerprint density at radius 3 is 2.30 bits per heavy atom. The summed E-state index contributed by atoms with van der Waals surface area (Å²) in [7, 11) is 1.72. The summed E-state index contributed by atoms with van der Waals surface area (Å²) in [6, 6.07) is 2.07. The molecule has 1 saturated carbocycles. The Hall–Kier alpha value is -1.91. The number of hydrogen-bond acceptors (Lipinski definition) is 4. The number of hydrogen-bond donors (Lipinski definition) is 2. The summed E-state index contributed by atoms with van der Waals surface area (Å²) in [5.74, 6) is 0.970. The van der Waals surface area contributed by atoms with Crippen molar-refractivity contribution in [1.82, 2.24) is 25.3 Å². The lowest BCUT2D eigenvalue weighted by molar-refractivity contribution is -0.140. The molecule has 2 bridgehead atoms. The Morgan fingerprint density at radius 2 is 1.73 bits per heavy atom. The number of aromatic nitrogens is 2. The molecule has 0 spiro atoms. The van der Waals surface area contributed by atoms with Gasteiger partial charge in [-0.25, -0.2) is 0 Å². The molecule has 0 aromatic carbocycles. The number of amides is 2. The van der Waals surface area contributed by atoms with E-state index in [1.54, 1.807) is 7.05 Å². The quantitative estimate of drug-likeness (QED) is 0.140. The van der Waals surface area contributed by atoms with E-state index in [2.05, 4.69) is 45.9 Å². The van der Waals surface area contributed by atoms with E-state index in [0.29, 0.717) is 19.0 Å². The number of halogens is 1. The summed E-state index contributed by atoms with van der Waals surface area (Å²) in [6.07, 6.45) is 6.13. The van der Waals surface area contributed by atoms with Gasteiger partial charge in [-0.15, -0.1) is 24.0 Å². The van der Waals surface area contributed by atoms with Crippen molar-refractivity contribution in [1.29, 1.82) is 0 Å². The van der Waals surface area contributed by atoms with Gasteiger partial charge in [0.1, 0.15) is 0 Å². The van der Waals surface area contributed by atoms with E-state index in [1.807, 2.05) is 11.6 Å². The number of nitrogens with zero attached hydrogens (tertiary/aromatic N) is 4. The number of likely N-dealkylation sites (tertiary alicyclic amines) is 1. The van der Waals surface area contributed by atoms with Crippen molar-refractivity contribution in [3.8, 4) is 0 Å². The number of imide groups is 1. The van der Waals surface area contributed by atoms with Crippen LogP contribution in [0.15, 0.2) is 23.2 Å². The average molecular weight is 526 g/mol. The number of nitrogens with one attached hydrogen (secondary N) is 2. The van der Waals surface area contributed by atoms with Gasteiger partial charge in [0.15, 0.2) is 5.96 Å². The molecule has 2 N–H and O–H groups in total. The summed E-state index contributed by atoms with van der Waals surface area (Å²) in [6.45, 7) is 6.55. The number of allylic oxidation sites excluding steroid dienone is 2. The first-order valence-corrected chi connectivity index (χ1v) is 10.5. The first-order valence-electron chi connectivity index (χ1n) is 10.5. The largest absolute Gasteiger partial charge is 0.356 e. The van der Waals surface area contributed by atoms with Crippen LogP contribution in [-0.2, 0) is 16.1 Å². The van der Waals surface area contributed by atoms with Crippen LogP contribution in [0, 0.1) is 37.5 Å². The third kappa shape index (κ3) is 4.26. The van der Waals surface area contributed by atoms with E-state index in [-0.39, 0.29) is 59.5 Å². The summed E-state index contributed by atoms with van der Waals surface area (Å²) in [5.41, 5.74) is 2.20. The molecule has 8 nitrogen and oxygen atoms in total. The number of guanidine groups is 1. The van der Waals surface area contributed by atoms with Crippen LogP contribution >= 0.6 is 24.0 Å². The molecule has 2 amide bonds. The molecule has 2 aliphatic carbocycles. The van der Waals surface area contributed by atoms with Gasteiger partial charge in [-0.2, -0.15) is 5.10 Å². The number of carbonyl (C=O) groups is 2. The molecule has 0 radical (unpaired) electrons. The van der Waals surface area contributed by atoms with Gasteiger partial charge in [-0.05, 0) is 44.6 Å². The predicted molar refractivity (Wildman–Crippen MR) is 126 cm³/mol. The lowest BCUT2D eigenvalue weighted by atomic mass is 9.85. The van der Waals surface area contributed by atoms with E-state index in [0.717, 1.165) is 31.6 Å². The highest BCUT2D eigenvalue weighted by Gasteiger charge is 2.58. The van der Waals surface area contributed by atoms with Crippen molar-refractivity contribution < 1.29 is 9.59 Å². The standard InChI is InChI=1S/C21H30N6O2.HI/c1-13-11-14(2)27(25-13)9-4-7-23-21(22-3)24-8-10-26-19(28)17-15-5-6-16(12-15)18(17)20(26)29;/h5-6,11,15-18H,4,7-10,12H2,1-3H3,(H2,22,23,24);1H. The number of aliphatic imine (C=N–C) groups is 1. The summed E-state index contributed by atoms with van der Waals surface area (Å²) in [4.78, 5) is 31.1. The number of carbonyl (C=O) groups excluding carboxylic acids is 2. The normalized spacial score (nSPS) is 26.9. The molecular weight excluding hydrogens is 495 g/mol. The Labute approximate surface area is 194 Å². The van der Waals surface area contributed by atoms with Crippen LogP contribution in [-0.4, -0.2) is 59.1 Å². The van der Waals surface area contributed by atoms with E-state index < -0.39 is 0 Å². The predicted octanol–water partition coefficient (Wildman–Crippen LogP) is 1.48. The monoisotopic (exact) mass is 526 g/mol. The highest BCUT2D eigenvalue weighted by atomic mass is 127. The van der Waals surface area contributed by atoms with Gasteiger partial charge in [-0.1, -0.05) is 12.2 Å². The van der Waals surface area contributed by atoms with Gasteiger partial charge in [0.25, 0.3) is 0 Å². The van der Waals surface area contributed by atoms with E-state index in [1.165, 1.54) is 10.6 Å². The Morgan fingerprint density at radius 1 is 1.10 bits per heavy atom. The molecule has 1 aromatic rings. The Bertz CT molecular complexity index is 834. The van der Waals surface area contributed by atoms with Crippen LogP contribution in [0.3, 0.4) is 0 Å². The van der Waals surface area contributed by atoms with E-state index in [4.69, 9.17) is 0 Å². The molecule has 9 heteroatoms. The molecule has 2 fully saturated rings. The van der Waals surface area contributed by atoms with Crippen LogP contribution < -0.4 is 10.6 Å². The molecule has 1 saturated heterocycles. The zero-order chi connectivity index (χ0) is 20.5. The second-order valence-corrected chi connectivity index (χ2v) is 8.26. The average Bonchev–Trinajstić information content (AvgIpc) is 3.44. The van der Waals surface area contributed by atoms with Gasteiger partial charge >= 0.3 is 0 Å². The zero-order valence-electron chi connectivity index (χ0n) is 17.8. The zero-order valence-corrected chi connectivity index (χ0v) is 20.1. The maximum Gasteiger partial charge on any atom is 0.233 e.